The van der Waals surface area contributed by atoms with Gasteiger partial charge in [-0.15, -0.1) is 0 Å². The Morgan fingerprint density at radius 2 is 1.74 bits per heavy atom. The van der Waals surface area contributed by atoms with Gasteiger partial charge >= 0.3 is 0 Å². The number of amides is 2. The molecule has 0 aromatic heterocycles. The van der Waals surface area contributed by atoms with Gasteiger partial charge in [0, 0.05) is 15.3 Å². The maximum absolute atomic E-state index is 11.8. The van der Waals surface area contributed by atoms with Crippen molar-refractivity contribution in [3.63, 3.8) is 0 Å². The van der Waals surface area contributed by atoms with Gasteiger partial charge in [0.1, 0.15) is 5.75 Å². The lowest BCUT2D eigenvalue weighted by atomic mass is 10.2. The van der Waals surface area contributed by atoms with Gasteiger partial charge in [0.2, 0.25) is 5.91 Å². The van der Waals surface area contributed by atoms with E-state index < -0.39 is 5.91 Å². The Morgan fingerprint density at radius 3 is 2.35 bits per heavy atom. The Bertz CT molecular complexity index is 710. The maximum Gasteiger partial charge on any atom is 0.255 e. The van der Waals surface area contributed by atoms with E-state index in [1.807, 2.05) is 24.3 Å². The molecule has 0 heterocycles. The standard InChI is InChI=1S/C17H15IN2O3/c18-13-4-6-14(7-5-13)20-17(22)10-3-12-1-8-15(9-2-12)23-11-16(19)21/h1-10H,11H2,(H2,19,21)(H,20,22)/b10-3+. The number of halogens is 1. The average Bonchev–Trinajstić information content (AvgIpc) is 2.54. The van der Waals surface area contributed by atoms with Gasteiger partial charge in [-0.2, -0.15) is 0 Å². The third kappa shape index (κ3) is 6.11. The molecule has 0 spiro atoms. The Morgan fingerprint density at radius 1 is 1.09 bits per heavy atom. The van der Waals surface area contributed by atoms with Gasteiger partial charge in [-0.05, 0) is 70.6 Å². The van der Waals surface area contributed by atoms with Gasteiger partial charge in [0.05, 0.1) is 0 Å². The SMILES string of the molecule is NC(=O)COc1ccc(/C=C/C(=O)Nc2ccc(I)cc2)cc1. The van der Waals surface area contributed by atoms with E-state index in [0.717, 1.165) is 14.8 Å². The number of rotatable bonds is 6. The van der Waals surface area contributed by atoms with Crippen LogP contribution in [0.5, 0.6) is 5.75 Å². The highest BCUT2D eigenvalue weighted by Gasteiger charge is 1.99. The van der Waals surface area contributed by atoms with E-state index in [4.69, 9.17) is 10.5 Å². The zero-order valence-corrected chi connectivity index (χ0v) is 14.3. The molecule has 2 aromatic carbocycles. The molecule has 23 heavy (non-hydrogen) atoms. The summed E-state index contributed by atoms with van der Waals surface area (Å²) in [6.07, 6.45) is 3.15. The quantitative estimate of drug-likeness (QED) is 0.555. The summed E-state index contributed by atoms with van der Waals surface area (Å²) in [5.74, 6) is -0.189. The fourth-order valence-electron chi connectivity index (χ4n) is 1.72. The summed E-state index contributed by atoms with van der Waals surface area (Å²) in [5, 5.41) is 2.78. The molecule has 0 radical (unpaired) electrons. The largest absolute Gasteiger partial charge is 0.484 e. The Kier molecular flexibility index (Phi) is 6.16. The molecule has 2 rings (SSSR count). The number of hydrogen-bond acceptors (Lipinski definition) is 3. The van der Waals surface area contributed by atoms with Crippen LogP contribution in [0, 0.1) is 3.57 Å². The van der Waals surface area contributed by atoms with Crippen molar-refractivity contribution in [3.05, 3.63) is 63.7 Å². The van der Waals surface area contributed by atoms with E-state index in [9.17, 15) is 9.59 Å². The molecule has 0 aliphatic carbocycles. The second kappa shape index (κ2) is 8.33. The van der Waals surface area contributed by atoms with Gasteiger partial charge in [0.15, 0.2) is 6.61 Å². The molecule has 0 unspecified atom stereocenters. The van der Waals surface area contributed by atoms with E-state index in [2.05, 4.69) is 27.9 Å². The number of nitrogens with two attached hydrogens (primary N) is 1. The smallest absolute Gasteiger partial charge is 0.255 e. The van der Waals surface area contributed by atoms with Crippen LogP contribution in [0.25, 0.3) is 6.08 Å². The molecule has 3 N–H and O–H groups in total. The number of carbonyl (C=O) groups is 2. The van der Waals surface area contributed by atoms with Crippen LogP contribution in [0.1, 0.15) is 5.56 Å². The summed E-state index contributed by atoms with van der Waals surface area (Å²) in [7, 11) is 0. The van der Waals surface area contributed by atoms with Crippen LogP contribution in [0.3, 0.4) is 0 Å². The fourth-order valence-corrected chi connectivity index (χ4v) is 2.08. The van der Waals surface area contributed by atoms with E-state index in [1.54, 1.807) is 30.3 Å². The second-order valence-electron chi connectivity index (χ2n) is 4.65. The number of carbonyl (C=O) groups excluding carboxylic acids is 2. The summed E-state index contributed by atoms with van der Waals surface area (Å²) < 4.78 is 6.26. The lowest BCUT2D eigenvalue weighted by molar-refractivity contribution is -0.120. The minimum atomic E-state index is -0.527. The van der Waals surface area contributed by atoms with Crippen LogP contribution in [0.15, 0.2) is 54.6 Å². The second-order valence-corrected chi connectivity index (χ2v) is 5.90. The van der Waals surface area contributed by atoms with Crippen molar-refractivity contribution in [2.45, 2.75) is 0 Å². The van der Waals surface area contributed by atoms with E-state index in [0.29, 0.717) is 5.75 Å². The molecular formula is C17H15IN2O3. The highest BCUT2D eigenvalue weighted by atomic mass is 127. The molecule has 0 atom stereocenters. The molecule has 0 fully saturated rings. The molecule has 0 saturated heterocycles. The van der Waals surface area contributed by atoms with Crippen LogP contribution in [-0.2, 0) is 9.59 Å². The van der Waals surface area contributed by atoms with Crippen LogP contribution >= 0.6 is 22.6 Å². The van der Waals surface area contributed by atoms with E-state index in [-0.39, 0.29) is 12.5 Å². The third-order valence-corrected chi connectivity index (χ3v) is 3.52. The summed E-state index contributed by atoms with van der Waals surface area (Å²) in [4.78, 5) is 22.5. The van der Waals surface area contributed by atoms with Crippen molar-refractivity contribution in [1.29, 1.82) is 0 Å². The molecule has 0 bridgehead atoms. The van der Waals surface area contributed by atoms with Crippen LogP contribution in [0.2, 0.25) is 0 Å². The number of hydrogen-bond donors (Lipinski definition) is 2. The maximum atomic E-state index is 11.8. The van der Waals surface area contributed by atoms with Gasteiger partial charge in [0.25, 0.3) is 5.91 Å². The number of benzene rings is 2. The molecule has 0 saturated carbocycles. The first kappa shape index (κ1) is 17.0. The van der Waals surface area contributed by atoms with Crippen LogP contribution < -0.4 is 15.8 Å². The van der Waals surface area contributed by atoms with Crippen molar-refractivity contribution < 1.29 is 14.3 Å². The zero-order chi connectivity index (χ0) is 16.7. The minimum Gasteiger partial charge on any atom is -0.484 e. The Hall–Kier alpha value is -2.35. The molecule has 2 amide bonds. The Labute approximate surface area is 147 Å². The first-order valence-corrected chi connectivity index (χ1v) is 7.86. The normalized spacial score (nSPS) is 10.5. The van der Waals surface area contributed by atoms with Crippen molar-refractivity contribution in [3.8, 4) is 5.75 Å². The molecule has 2 aromatic rings. The monoisotopic (exact) mass is 422 g/mol. The molecule has 6 heteroatoms. The van der Waals surface area contributed by atoms with Crippen LogP contribution in [0.4, 0.5) is 5.69 Å². The van der Waals surface area contributed by atoms with Gasteiger partial charge in [-0.25, -0.2) is 0 Å². The van der Waals surface area contributed by atoms with Gasteiger partial charge in [-0.1, -0.05) is 12.1 Å². The summed E-state index contributed by atoms with van der Waals surface area (Å²) >= 11 is 2.20. The van der Waals surface area contributed by atoms with Crippen molar-refractivity contribution in [2.24, 2.45) is 5.73 Å². The predicted octanol–water partition coefficient (Wildman–Crippen LogP) is 2.81. The lowest BCUT2D eigenvalue weighted by Crippen LogP contribution is -2.19. The molecule has 5 nitrogen and oxygen atoms in total. The highest BCUT2D eigenvalue weighted by molar-refractivity contribution is 14.1. The number of primary amides is 1. The first-order chi connectivity index (χ1) is 11.0. The van der Waals surface area contributed by atoms with E-state index >= 15 is 0 Å². The fraction of sp³-hybridized carbons (Fsp3) is 0.0588. The molecule has 0 aliphatic rings. The molecule has 0 aliphatic heterocycles. The predicted molar refractivity (Wildman–Crippen MR) is 98.0 cm³/mol. The first-order valence-electron chi connectivity index (χ1n) is 6.79. The topological polar surface area (TPSA) is 81.4 Å². The van der Waals surface area contributed by atoms with Gasteiger partial charge < -0.3 is 15.8 Å². The average molecular weight is 422 g/mol. The van der Waals surface area contributed by atoms with Crippen molar-refractivity contribution in [1.82, 2.24) is 0 Å². The summed E-state index contributed by atoms with van der Waals surface area (Å²) in [6.45, 7) is -0.159. The Balaban J connectivity index is 1.90. The van der Waals surface area contributed by atoms with Crippen molar-refractivity contribution in [2.75, 3.05) is 11.9 Å². The lowest BCUT2D eigenvalue weighted by Gasteiger charge is -2.04. The minimum absolute atomic E-state index is 0.159. The summed E-state index contributed by atoms with van der Waals surface area (Å²) in [6, 6.07) is 14.5. The number of anilines is 1. The number of nitrogens with one attached hydrogen (secondary N) is 1. The van der Waals surface area contributed by atoms with Gasteiger partial charge in [-0.3, -0.25) is 9.59 Å². The highest BCUT2D eigenvalue weighted by Crippen LogP contribution is 2.14. The van der Waals surface area contributed by atoms with Crippen LogP contribution in [-0.4, -0.2) is 18.4 Å². The summed E-state index contributed by atoms with van der Waals surface area (Å²) in [5.41, 5.74) is 6.59. The zero-order valence-electron chi connectivity index (χ0n) is 12.2. The third-order valence-electron chi connectivity index (χ3n) is 2.80. The van der Waals surface area contributed by atoms with Crippen molar-refractivity contribution >= 4 is 46.2 Å². The molecular weight excluding hydrogens is 407 g/mol. The van der Waals surface area contributed by atoms with E-state index in [1.165, 1.54) is 6.08 Å². The number of ether oxygens (including phenoxy) is 1. The molecule has 118 valence electrons.